The summed E-state index contributed by atoms with van der Waals surface area (Å²) in [6.45, 7) is 2.09. The van der Waals surface area contributed by atoms with E-state index in [2.05, 4.69) is 5.32 Å². The molecule has 0 aliphatic carbocycles. The lowest BCUT2D eigenvalue weighted by Crippen LogP contribution is -2.34. The first-order valence-electron chi connectivity index (χ1n) is 5.39. The fraction of sp³-hybridized carbons (Fsp3) is 0.364. The fourth-order valence-corrected chi connectivity index (χ4v) is 1.70. The number of carbonyl (C=O) groups excluding carboxylic acids is 1. The lowest BCUT2D eigenvalue weighted by molar-refractivity contribution is 0.0953. The molecule has 1 atom stereocenters. The van der Waals surface area contributed by atoms with Crippen molar-refractivity contribution in [2.24, 2.45) is 0 Å². The van der Waals surface area contributed by atoms with Gasteiger partial charge in [0.25, 0.3) is 0 Å². The maximum absolute atomic E-state index is 12.0. The molecule has 1 aliphatic heterocycles. The third kappa shape index (κ3) is 2.04. The van der Waals surface area contributed by atoms with Gasteiger partial charge in [-0.05, 0) is 31.6 Å². The van der Waals surface area contributed by atoms with Crippen molar-refractivity contribution in [3.63, 3.8) is 0 Å². The van der Waals surface area contributed by atoms with Crippen LogP contribution in [0, 0.1) is 0 Å². The summed E-state index contributed by atoms with van der Waals surface area (Å²) in [5.41, 5.74) is 0.651. The van der Waals surface area contributed by atoms with E-state index in [0.717, 1.165) is 6.44 Å². The summed E-state index contributed by atoms with van der Waals surface area (Å²) < 4.78 is 10.4. The normalized spacial score (nSPS) is 14.8. The summed E-state index contributed by atoms with van der Waals surface area (Å²) in [5.74, 6) is 1.42. The Morgan fingerprint density at radius 3 is 3.00 bits per heavy atom. The minimum Gasteiger partial charge on any atom is -0.454 e. The fourth-order valence-electron chi connectivity index (χ4n) is 1.70. The average Bonchev–Trinajstić information content (AvgIpc) is 2.75. The molecule has 0 amide bonds. The number of ether oxygens (including phenoxy) is 2. The van der Waals surface area contributed by atoms with Crippen molar-refractivity contribution in [2.75, 3.05) is 13.2 Å². The number of nitrogens with one attached hydrogen (secondary N) is 1. The lowest BCUT2D eigenvalue weighted by Gasteiger charge is -2.11. The van der Waals surface area contributed by atoms with E-state index in [0.29, 0.717) is 17.1 Å². The van der Waals surface area contributed by atoms with Crippen molar-refractivity contribution in [2.45, 2.75) is 13.0 Å². The molecule has 0 fully saturated rings. The zero-order valence-electron chi connectivity index (χ0n) is 9.45. The molecule has 1 N–H and O–H groups in total. The molecule has 2 rings (SSSR count). The number of hydrogen-bond acceptors (Lipinski definition) is 4. The third-order valence-electron chi connectivity index (χ3n) is 2.56. The van der Waals surface area contributed by atoms with Crippen molar-refractivity contribution in [1.29, 1.82) is 0 Å². The summed E-state index contributed by atoms with van der Waals surface area (Å²) in [6.07, 6.45) is 0.775. The van der Waals surface area contributed by atoms with E-state index < -0.39 is 0 Å². The van der Waals surface area contributed by atoms with Crippen molar-refractivity contribution in [1.82, 2.24) is 5.32 Å². The second-order valence-corrected chi connectivity index (χ2v) is 3.71. The Morgan fingerprint density at radius 1 is 1.50 bits per heavy atom. The Hall–Kier alpha value is -1.49. The van der Waals surface area contributed by atoms with Gasteiger partial charge in [0.2, 0.25) is 6.79 Å². The minimum absolute atomic E-state index is 0.0696. The quantitative estimate of drug-likeness (QED) is 0.579. The molecule has 0 radical (unpaired) electrons. The van der Waals surface area contributed by atoms with E-state index in [1.807, 2.05) is 14.8 Å². The average molecular weight is 219 g/mol. The van der Waals surface area contributed by atoms with Gasteiger partial charge in [0.05, 0.1) is 6.04 Å². The lowest BCUT2D eigenvalue weighted by atomic mass is 10.0. The molecule has 1 aromatic carbocycles. The van der Waals surface area contributed by atoms with Crippen molar-refractivity contribution < 1.29 is 14.3 Å². The Labute approximate surface area is 95.3 Å². The van der Waals surface area contributed by atoms with E-state index in [1.54, 1.807) is 18.2 Å². The monoisotopic (exact) mass is 219 g/mol. The maximum atomic E-state index is 12.0. The zero-order chi connectivity index (χ0) is 11.5. The molecule has 0 spiro atoms. The SMILES string of the molecule is BCN[C@@H](C)C(=O)c1ccc2c(c1)OCO2. The molecule has 5 heteroatoms. The van der Waals surface area contributed by atoms with Gasteiger partial charge < -0.3 is 14.8 Å². The molecule has 0 bridgehead atoms. The van der Waals surface area contributed by atoms with Crippen molar-refractivity contribution in [3.05, 3.63) is 23.8 Å². The van der Waals surface area contributed by atoms with E-state index in [4.69, 9.17) is 9.47 Å². The first-order chi connectivity index (χ1) is 7.72. The third-order valence-corrected chi connectivity index (χ3v) is 2.56. The van der Waals surface area contributed by atoms with Gasteiger partial charge in [-0.3, -0.25) is 4.79 Å². The number of carbonyl (C=O) groups is 1. The molecule has 84 valence electrons. The highest BCUT2D eigenvalue weighted by Crippen LogP contribution is 2.32. The Kier molecular flexibility index (Phi) is 3.15. The van der Waals surface area contributed by atoms with Gasteiger partial charge in [-0.2, -0.15) is 0 Å². The second-order valence-electron chi connectivity index (χ2n) is 3.71. The van der Waals surface area contributed by atoms with Gasteiger partial charge in [-0.15, -0.1) is 0 Å². The molecule has 16 heavy (non-hydrogen) atoms. The molecule has 1 heterocycles. The van der Waals surface area contributed by atoms with Crippen molar-refractivity contribution >= 4 is 13.6 Å². The van der Waals surface area contributed by atoms with Crippen LogP contribution in [0.3, 0.4) is 0 Å². The van der Waals surface area contributed by atoms with Crippen LogP contribution in [0.5, 0.6) is 11.5 Å². The number of hydrogen-bond donors (Lipinski definition) is 1. The Balaban J connectivity index is 2.18. The molecular formula is C11H14BNO3. The van der Waals surface area contributed by atoms with Crippen LogP contribution in [0.1, 0.15) is 17.3 Å². The molecule has 4 nitrogen and oxygen atoms in total. The van der Waals surface area contributed by atoms with E-state index in [9.17, 15) is 4.79 Å². The highest BCUT2D eigenvalue weighted by Gasteiger charge is 2.19. The molecule has 0 saturated carbocycles. The van der Waals surface area contributed by atoms with Gasteiger partial charge >= 0.3 is 0 Å². The number of benzene rings is 1. The molecule has 0 unspecified atom stereocenters. The standard InChI is InChI=1S/C11H14BNO3/c1-7(13-5-12)11(14)8-2-3-9-10(4-8)16-6-15-9/h2-4,7,13H,5-6,12H2,1H3/t7-/m0/s1. The summed E-state index contributed by atoms with van der Waals surface area (Å²) in [6, 6.07) is 5.10. The largest absolute Gasteiger partial charge is 0.454 e. The first kappa shape index (κ1) is 11.0. The summed E-state index contributed by atoms with van der Waals surface area (Å²) in [5, 5.41) is 3.09. The number of Topliss-reactive ketones (excluding diaryl/α,β-unsaturated/α-hetero) is 1. The van der Waals surface area contributed by atoms with Gasteiger partial charge in [0.1, 0.15) is 7.85 Å². The van der Waals surface area contributed by atoms with Gasteiger partial charge in [0, 0.05) is 5.56 Å². The van der Waals surface area contributed by atoms with Crippen LogP contribution < -0.4 is 14.8 Å². The summed E-state index contributed by atoms with van der Waals surface area (Å²) in [7, 11) is 1.98. The van der Waals surface area contributed by atoms with Crippen molar-refractivity contribution in [3.8, 4) is 11.5 Å². The first-order valence-corrected chi connectivity index (χ1v) is 5.39. The van der Waals surface area contributed by atoms with Crippen LogP contribution in [0.25, 0.3) is 0 Å². The predicted octanol–water partition coefficient (Wildman–Crippen LogP) is 0.167. The molecule has 1 aliphatic rings. The van der Waals surface area contributed by atoms with Crippen LogP contribution in [0.4, 0.5) is 0 Å². The van der Waals surface area contributed by atoms with E-state index in [-0.39, 0.29) is 18.6 Å². The molecular weight excluding hydrogens is 205 g/mol. The van der Waals surface area contributed by atoms with Crippen LogP contribution in [0.2, 0.25) is 0 Å². The zero-order valence-corrected chi connectivity index (χ0v) is 9.45. The second kappa shape index (κ2) is 4.57. The highest BCUT2D eigenvalue weighted by molar-refractivity contribution is 6.09. The van der Waals surface area contributed by atoms with Gasteiger partial charge in [-0.25, -0.2) is 0 Å². The Morgan fingerprint density at radius 2 is 2.25 bits per heavy atom. The maximum Gasteiger partial charge on any atom is 0.231 e. The van der Waals surface area contributed by atoms with E-state index in [1.165, 1.54) is 0 Å². The van der Waals surface area contributed by atoms with E-state index >= 15 is 0 Å². The predicted molar refractivity (Wildman–Crippen MR) is 62.9 cm³/mol. The van der Waals surface area contributed by atoms with Crippen LogP contribution >= 0.6 is 0 Å². The number of ketones is 1. The van der Waals surface area contributed by atoms with Gasteiger partial charge in [-0.1, -0.05) is 0 Å². The van der Waals surface area contributed by atoms with Crippen LogP contribution in [-0.2, 0) is 0 Å². The van der Waals surface area contributed by atoms with Gasteiger partial charge in [0.15, 0.2) is 17.3 Å². The summed E-state index contributed by atoms with van der Waals surface area (Å²) >= 11 is 0. The smallest absolute Gasteiger partial charge is 0.231 e. The number of rotatable bonds is 4. The molecule has 0 aromatic heterocycles. The van der Waals surface area contributed by atoms with Crippen LogP contribution in [0.15, 0.2) is 18.2 Å². The number of fused-ring (bicyclic) bond motifs is 1. The molecule has 1 aromatic rings. The highest BCUT2D eigenvalue weighted by atomic mass is 16.7. The topological polar surface area (TPSA) is 47.6 Å². The van der Waals surface area contributed by atoms with Crippen LogP contribution in [-0.4, -0.2) is 32.9 Å². The minimum atomic E-state index is -0.176. The summed E-state index contributed by atoms with van der Waals surface area (Å²) in [4.78, 5) is 12.0. The Bertz CT molecular complexity index is 408. The molecule has 0 saturated heterocycles.